The largest absolute Gasteiger partial charge is 0.457 e. The number of hydrogen-bond acceptors (Lipinski definition) is 13. The summed E-state index contributed by atoms with van der Waals surface area (Å²) < 4.78 is 18.5. The number of carbonyl (C=O) groups is 1. The predicted molar refractivity (Wildman–Crippen MR) is 146 cm³/mol. The number of likely N-dealkylation sites (tertiary alicyclic amines) is 1. The number of anilines is 2. The molecule has 14 heteroatoms. The van der Waals surface area contributed by atoms with Gasteiger partial charge in [0.2, 0.25) is 5.95 Å². The third-order valence-electron chi connectivity index (χ3n) is 7.65. The van der Waals surface area contributed by atoms with Gasteiger partial charge in [0.1, 0.15) is 6.10 Å². The van der Waals surface area contributed by atoms with Crippen LogP contribution in [0, 0.1) is 0 Å². The van der Waals surface area contributed by atoms with Crippen LogP contribution in [-0.2, 0) is 20.7 Å². The molecule has 4 atom stereocenters. The van der Waals surface area contributed by atoms with Gasteiger partial charge in [0, 0.05) is 25.6 Å². The van der Waals surface area contributed by atoms with E-state index < -0.39 is 24.5 Å². The third-order valence-corrected chi connectivity index (χ3v) is 7.65. The number of ether oxygens (including phenoxy) is 2. The van der Waals surface area contributed by atoms with Crippen LogP contribution in [0.4, 0.5) is 11.8 Å². The van der Waals surface area contributed by atoms with Crippen LogP contribution in [0.25, 0.3) is 11.2 Å². The summed E-state index contributed by atoms with van der Waals surface area (Å²) in [5, 5.41) is 21.8. The van der Waals surface area contributed by atoms with E-state index in [4.69, 9.17) is 24.0 Å². The molecule has 0 radical (unpaired) electrons. The van der Waals surface area contributed by atoms with Crippen molar-refractivity contribution in [3.8, 4) is 0 Å². The second-order valence-electron chi connectivity index (χ2n) is 10.2. The Morgan fingerprint density at radius 2 is 1.98 bits per heavy atom. The van der Waals surface area contributed by atoms with Gasteiger partial charge in [-0.3, -0.25) is 9.36 Å². The summed E-state index contributed by atoms with van der Waals surface area (Å²) in [6, 6.07) is 0.204. The number of nitrogens with zero attached hydrogens (tertiary/aromatic N) is 7. The minimum atomic E-state index is -1.25. The van der Waals surface area contributed by atoms with Gasteiger partial charge in [0.25, 0.3) is 12.4 Å². The number of nitrogens with one attached hydrogen (secondary N) is 2. The minimum Gasteiger partial charge on any atom is -0.457 e. The highest BCUT2D eigenvalue weighted by Gasteiger charge is 2.50. The Kier molecular flexibility index (Phi) is 9.07. The fourth-order valence-electron chi connectivity index (χ4n) is 5.29. The molecule has 5 heterocycles. The second kappa shape index (κ2) is 12.9. The number of aromatic nitrogens is 6. The third kappa shape index (κ3) is 5.88. The zero-order chi connectivity index (χ0) is 28.1. The van der Waals surface area contributed by atoms with E-state index in [1.54, 1.807) is 10.9 Å². The van der Waals surface area contributed by atoms with Crippen LogP contribution in [0.1, 0.15) is 76.9 Å². The van der Waals surface area contributed by atoms with Crippen LogP contribution in [0.5, 0.6) is 0 Å². The molecular formula is C26H39N9O5. The topological polar surface area (TPSA) is 166 Å². The van der Waals surface area contributed by atoms with Crippen LogP contribution in [0.15, 0.2) is 10.9 Å². The van der Waals surface area contributed by atoms with Crippen molar-refractivity contribution in [1.29, 1.82) is 0 Å². The summed E-state index contributed by atoms with van der Waals surface area (Å²) in [6.45, 7) is 10.2. The van der Waals surface area contributed by atoms with Crippen molar-refractivity contribution in [3.63, 3.8) is 0 Å². The summed E-state index contributed by atoms with van der Waals surface area (Å²) in [4.78, 5) is 32.3. The first-order valence-electron chi connectivity index (χ1n) is 14.3. The Balaban J connectivity index is 1.46. The average Bonchev–Trinajstić information content (AvgIpc) is 3.70. The SMILES string of the molecule is CCc1noc([C@H]2O[C@@H](n3cnc4c(NC(CC)CC)nc(NCCN5CCCCC5)nc43)[C@H](OC=O)[C@@H]2O)n1. The summed E-state index contributed by atoms with van der Waals surface area (Å²) in [5.74, 6) is 1.65. The molecule has 0 amide bonds. The van der Waals surface area contributed by atoms with E-state index in [0.29, 0.717) is 48.2 Å². The van der Waals surface area contributed by atoms with Crippen molar-refractivity contribution in [2.45, 2.75) is 89.9 Å². The molecule has 0 aromatic carbocycles. The molecule has 2 aliphatic rings. The lowest BCUT2D eigenvalue weighted by Gasteiger charge is -2.26. The molecular weight excluding hydrogens is 518 g/mol. The number of fused-ring (bicyclic) bond motifs is 1. The lowest BCUT2D eigenvalue weighted by Crippen LogP contribution is -2.34. The summed E-state index contributed by atoms with van der Waals surface area (Å²) in [5.41, 5.74) is 1.02. The number of piperidine rings is 1. The molecule has 0 saturated carbocycles. The molecule has 3 N–H and O–H groups in total. The molecule has 3 aromatic heterocycles. The van der Waals surface area contributed by atoms with Gasteiger partial charge in [-0.1, -0.05) is 32.3 Å². The van der Waals surface area contributed by atoms with Crippen molar-refractivity contribution >= 4 is 29.4 Å². The van der Waals surface area contributed by atoms with E-state index in [1.807, 2.05) is 6.92 Å². The first-order valence-corrected chi connectivity index (χ1v) is 14.3. The molecule has 5 rings (SSSR count). The Morgan fingerprint density at radius 1 is 1.18 bits per heavy atom. The standard InChI is InChI=1S/C26H39N9O5/c1-4-16(5-2)29-22-18-23(32-26(31-22)27-10-13-34-11-8-7-9-12-34)35(14-28-18)25-21(38-15-36)19(37)20(39-25)24-30-17(6-3)33-40-24/h14-16,19-21,25,37H,4-13H2,1-3H3,(H2,27,29,31,32)/t19-,20+,21-,25-/m1/s1. The van der Waals surface area contributed by atoms with Crippen molar-refractivity contribution in [2.75, 3.05) is 36.8 Å². The normalized spacial score (nSPS) is 23.6. The molecule has 0 bridgehead atoms. The number of aliphatic hydroxyl groups is 1. The molecule has 0 aliphatic carbocycles. The molecule has 3 aromatic rings. The zero-order valence-corrected chi connectivity index (χ0v) is 23.3. The van der Waals surface area contributed by atoms with Crippen molar-refractivity contribution in [1.82, 2.24) is 34.6 Å². The Hall–Kier alpha value is -3.36. The maximum Gasteiger partial charge on any atom is 0.293 e. The number of hydrogen-bond donors (Lipinski definition) is 3. The summed E-state index contributed by atoms with van der Waals surface area (Å²) >= 11 is 0. The van der Waals surface area contributed by atoms with Gasteiger partial charge in [0.05, 0.1) is 6.33 Å². The van der Waals surface area contributed by atoms with Gasteiger partial charge in [-0.25, -0.2) is 4.98 Å². The summed E-state index contributed by atoms with van der Waals surface area (Å²) in [6.07, 6.45) is 3.46. The van der Waals surface area contributed by atoms with E-state index in [-0.39, 0.29) is 11.9 Å². The quantitative estimate of drug-likeness (QED) is 0.263. The second-order valence-corrected chi connectivity index (χ2v) is 10.2. The Bertz CT molecular complexity index is 1260. The van der Waals surface area contributed by atoms with Crippen LogP contribution in [-0.4, -0.2) is 90.6 Å². The first-order chi connectivity index (χ1) is 19.6. The Morgan fingerprint density at radius 3 is 2.67 bits per heavy atom. The summed E-state index contributed by atoms with van der Waals surface area (Å²) in [7, 11) is 0. The van der Waals surface area contributed by atoms with Crippen LogP contribution in [0.3, 0.4) is 0 Å². The molecule has 0 unspecified atom stereocenters. The highest BCUT2D eigenvalue weighted by Crippen LogP contribution is 2.41. The van der Waals surface area contributed by atoms with Gasteiger partial charge in [-0.2, -0.15) is 15.0 Å². The number of imidazole rings is 1. The first kappa shape index (κ1) is 28.2. The van der Waals surface area contributed by atoms with Gasteiger partial charge < -0.3 is 34.6 Å². The van der Waals surface area contributed by atoms with Gasteiger partial charge in [-0.15, -0.1) is 0 Å². The monoisotopic (exact) mass is 557 g/mol. The lowest BCUT2D eigenvalue weighted by molar-refractivity contribution is -0.142. The fourth-order valence-corrected chi connectivity index (χ4v) is 5.29. The van der Waals surface area contributed by atoms with Crippen molar-refractivity contribution in [3.05, 3.63) is 18.0 Å². The average molecular weight is 558 g/mol. The maximum absolute atomic E-state index is 11.4. The molecule has 2 saturated heterocycles. The molecule has 218 valence electrons. The van der Waals surface area contributed by atoms with E-state index in [1.165, 1.54) is 19.3 Å². The minimum absolute atomic E-state index is 0.113. The van der Waals surface area contributed by atoms with Gasteiger partial charge >= 0.3 is 0 Å². The molecule has 14 nitrogen and oxygen atoms in total. The van der Waals surface area contributed by atoms with Crippen LogP contribution < -0.4 is 10.6 Å². The predicted octanol–water partition coefficient (Wildman–Crippen LogP) is 2.44. The number of rotatable bonds is 13. The highest BCUT2D eigenvalue weighted by atomic mass is 16.6. The van der Waals surface area contributed by atoms with Crippen molar-refractivity contribution in [2.24, 2.45) is 0 Å². The zero-order valence-electron chi connectivity index (χ0n) is 23.3. The van der Waals surface area contributed by atoms with Gasteiger partial charge in [-0.05, 0) is 38.8 Å². The van der Waals surface area contributed by atoms with Crippen LogP contribution >= 0.6 is 0 Å². The molecule has 2 aliphatic heterocycles. The van der Waals surface area contributed by atoms with Crippen molar-refractivity contribution < 1.29 is 23.9 Å². The Labute approximate surface area is 232 Å². The van der Waals surface area contributed by atoms with E-state index >= 15 is 0 Å². The number of aryl methyl sites for hydroxylation is 1. The molecule has 40 heavy (non-hydrogen) atoms. The molecule has 0 spiro atoms. The smallest absolute Gasteiger partial charge is 0.293 e. The van der Waals surface area contributed by atoms with E-state index in [2.05, 4.69) is 44.5 Å². The lowest BCUT2D eigenvalue weighted by atomic mass is 10.1. The van der Waals surface area contributed by atoms with Gasteiger partial charge in [0.15, 0.2) is 41.2 Å². The highest BCUT2D eigenvalue weighted by molar-refractivity contribution is 5.84. The van der Waals surface area contributed by atoms with E-state index in [9.17, 15) is 9.90 Å². The maximum atomic E-state index is 11.4. The van der Waals surface area contributed by atoms with Crippen LogP contribution in [0.2, 0.25) is 0 Å². The number of carbonyl (C=O) groups excluding carboxylic acids is 1. The molecule has 2 fully saturated rings. The van der Waals surface area contributed by atoms with E-state index in [0.717, 1.165) is 32.5 Å². The fraction of sp³-hybridized carbons (Fsp3) is 0.692. The number of aliphatic hydroxyl groups excluding tert-OH is 1.